The molecule has 0 saturated carbocycles. The molecule has 0 radical (unpaired) electrons. The van der Waals surface area contributed by atoms with Crippen molar-refractivity contribution in [3.05, 3.63) is 71.0 Å². The molecule has 1 aliphatic carbocycles. The number of carbonyl (C=O) groups is 1. The first-order valence-electron chi connectivity index (χ1n) is 11.3. The molecule has 0 amide bonds. The summed E-state index contributed by atoms with van der Waals surface area (Å²) >= 11 is 0. The topological polar surface area (TPSA) is 99.5 Å². The number of phenols is 1. The second-order valence-corrected chi connectivity index (χ2v) is 9.45. The van der Waals surface area contributed by atoms with Crippen molar-refractivity contribution < 1.29 is 29.6 Å². The van der Waals surface area contributed by atoms with E-state index in [1.165, 1.54) is 0 Å². The van der Waals surface area contributed by atoms with Crippen molar-refractivity contribution in [3.63, 3.8) is 0 Å². The molecule has 2 unspecified atom stereocenters. The van der Waals surface area contributed by atoms with Crippen LogP contribution < -0.4 is 4.74 Å². The molecular weight excluding hydrogens is 422 g/mol. The van der Waals surface area contributed by atoms with E-state index in [4.69, 9.17) is 9.47 Å². The average molecular weight is 452 g/mol. The lowest BCUT2D eigenvalue weighted by Gasteiger charge is -2.58. The summed E-state index contributed by atoms with van der Waals surface area (Å²) in [5, 5.41) is 33.3. The quantitative estimate of drug-likeness (QED) is 0.617. The standard InChI is InChI=1S/C26H29NO6/c1-15-9-10-18(28)22-20(15)25-13-14-27(3)16(2)26(25,31)12-11-19(23(25)33-22)32-24(30)21(29)17-7-5-4-6-8-17/h4-11,16,21,23,28-29,31H,12-14H2,1-3H3/t16-,21+,23?,25?,26-/m1/s1. The number of aromatic hydroxyl groups is 1. The molecule has 0 bridgehead atoms. The van der Waals surface area contributed by atoms with Crippen molar-refractivity contribution in [3.8, 4) is 11.5 Å². The fraction of sp³-hybridized carbons (Fsp3) is 0.423. The monoisotopic (exact) mass is 451 g/mol. The van der Waals surface area contributed by atoms with Crippen molar-refractivity contribution in [2.24, 2.45) is 0 Å². The lowest BCUT2D eigenvalue weighted by Crippen LogP contribution is -2.71. The number of carbonyl (C=O) groups excluding carboxylic acids is 1. The Balaban J connectivity index is 1.58. The van der Waals surface area contributed by atoms with Crippen LogP contribution in [0.4, 0.5) is 0 Å². The number of fused-ring (bicyclic) bond motifs is 1. The highest BCUT2D eigenvalue weighted by atomic mass is 16.6. The van der Waals surface area contributed by atoms with Gasteiger partial charge in [0, 0.05) is 18.0 Å². The second kappa shape index (κ2) is 7.58. The van der Waals surface area contributed by atoms with Gasteiger partial charge in [0.2, 0.25) is 0 Å². The number of likely N-dealkylation sites (N-methyl/N-ethyl adjacent to an activating group) is 1. The first-order valence-corrected chi connectivity index (χ1v) is 11.3. The highest BCUT2D eigenvalue weighted by Gasteiger charge is 2.69. The minimum absolute atomic E-state index is 0.0108. The number of aliphatic hydroxyl groups excluding tert-OH is 1. The maximum absolute atomic E-state index is 12.9. The van der Waals surface area contributed by atoms with E-state index >= 15 is 0 Å². The number of rotatable bonds is 3. The van der Waals surface area contributed by atoms with Crippen molar-refractivity contribution >= 4 is 5.97 Å². The van der Waals surface area contributed by atoms with Gasteiger partial charge >= 0.3 is 5.97 Å². The molecule has 5 atom stereocenters. The molecule has 5 rings (SSSR count). The summed E-state index contributed by atoms with van der Waals surface area (Å²) in [7, 11) is 1.98. The van der Waals surface area contributed by atoms with Gasteiger partial charge in [0.15, 0.2) is 23.7 Å². The van der Waals surface area contributed by atoms with E-state index in [9.17, 15) is 20.1 Å². The molecule has 2 aliphatic heterocycles. The largest absolute Gasteiger partial charge is 0.504 e. The number of esters is 1. The zero-order valence-electron chi connectivity index (χ0n) is 19.0. The Bertz CT molecular complexity index is 1130. The Labute approximate surface area is 192 Å². The lowest BCUT2D eigenvalue weighted by molar-refractivity contribution is -0.166. The van der Waals surface area contributed by atoms with Crippen LogP contribution >= 0.6 is 0 Å². The number of hydrogen-bond acceptors (Lipinski definition) is 7. The molecular formula is C26H29NO6. The summed E-state index contributed by atoms with van der Waals surface area (Å²) in [6.45, 7) is 4.62. The Morgan fingerprint density at radius 2 is 1.97 bits per heavy atom. The Kier molecular flexibility index (Phi) is 5.04. The Morgan fingerprint density at radius 3 is 2.70 bits per heavy atom. The number of aliphatic hydroxyl groups is 2. The highest BCUT2D eigenvalue weighted by Crippen LogP contribution is 2.62. The molecule has 7 heteroatoms. The Morgan fingerprint density at radius 1 is 1.24 bits per heavy atom. The van der Waals surface area contributed by atoms with Gasteiger partial charge in [0.25, 0.3) is 0 Å². The van der Waals surface area contributed by atoms with E-state index in [0.29, 0.717) is 24.3 Å². The number of aryl methyl sites for hydroxylation is 1. The summed E-state index contributed by atoms with van der Waals surface area (Å²) in [4.78, 5) is 15.0. The van der Waals surface area contributed by atoms with Gasteiger partial charge in [0.1, 0.15) is 5.76 Å². The summed E-state index contributed by atoms with van der Waals surface area (Å²) in [6.07, 6.45) is 0.242. The van der Waals surface area contributed by atoms with Gasteiger partial charge in [-0.3, -0.25) is 0 Å². The van der Waals surface area contributed by atoms with Crippen LogP contribution in [-0.2, 0) is 14.9 Å². The third-order valence-corrected chi connectivity index (χ3v) is 7.89. The molecule has 2 aromatic carbocycles. The van der Waals surface area contributed by atoms with E-state index in [-0.39, 0.29) is 24.0 Å². The number of nitrogens with zero attached hydrogens (tertiary/aromatic N) is 1. The SMILES string of the molecule is Cc1ccc(O)c2c1C13CCN(C)[C@H](C)[C@]1(O)CC=C(OC(=O)[C@@H](O)c1ccccc1)C3O2. The average Bonchev–Trinajstić information content (AvgIpc) is 3.19. The number of piperidine rings is 1. The predicted molar refractivity (Wildman–Crippen MR) is 121 cm³/mol. The number of hydrogen-bond donors (Lipinski definition) is 3. The van der Waals surface area contributed by atoms with E-state index in [1.807, 2.05) is 27.0 Å². The molecule has 1 fully saturated rings. The summed E-state index contributed by atoms with van der Waals surface area (Å²) in [6, 6.07) is 11.8. The molecule has 1 saturated heterocycles. The molecule has 33 heavy (non-hydrogen) atoms. The van der Waals surface area contributed by atoms with Crippen LogP contribution in [0.5, 0.6) is 11.5 Å². The van der Waals surface area contributed by atoms with Crippen LogP contribution in [-0.4, -0.2) is 57.5 Å². The minimum atomic E-state index is -1.45. The van der Waals surface area contributed by atoms with Gasteiger partial charge in [-0.2, -0.15) is 0 Å². The molecule has 3 N–H and O–H groups in total. The Hall–Kier alpha value is -2.87. The van der Waals surface area contributed by atoms with Gasteiger partial charge in [-0.05, 0) is 57.1 Å². The first kappa shape index (κ1) is 21.9. The normalized spacial score (nSPS) is 31.5. The number of phenolic OH excluding ortho intramolecular Hbond substituents is 1. The molecule has 3 aliphatic rings. The van der Waals surface area contributed by atoms with E-state index in [2.05, 4.69) is 4.90 Å². The van der Waals surface area contributed by atoms with Crippen LogP contribution in [0.25, 0.3) is 0 Å². The predicted octanol–water partition coefficient (Wildman–Crippen LogP) is 2.72. The van der Waals surface area contributed by atoms with Crippen molar-refractivity contribution in [1.82, 2.24) is 4.90 Å². The smallest absolute Gasteiger partial charge is 0.344 e. The van der Waals surface area contributed by atoms with E-state index in [1.54, 1.807) is 42.5 Å². The van der Waals surface area contributed by atoms with Crippen molar-refractivity contribution in [2.75, 3.05) is 13.6 Å². The zero-order valence-corrected chi connectivity index (χ0v) is 19.0. The fourth-order valence-electron chi connectivity index (χ4n) is 5.95. The van der Waals surface area contributed by atoms with Gasteiger partial charge in [-0.15, -0.1) is 0 Å². The third-order valence-electron chi connectivity index (χ3n) is 7.89. The lowest BCUT2D eigenvalue weighted by atomic mass is 9.54. The molecule has 2 heterocycles. The summed E-state index contributed by atoms with van der Waals surface area (Å²) in [5.74, 6) is -0.244. The molecule has 1 spiro atoms. The van der Waals surface area contributed by atoms with Gasteiger partial charge in [-0.1, -0.05) is 36.4 Å². The van der Waals surface area contributed by atoms with Gasteiger partial charge in [-0.25, -0.2) is 4.79 Å². The van der Waals surface area contributed by atoms with Gasteiger partial charge < -0.3 is 29.7 Å². The number of ether oxygens (including phenoxy) is 2. The molecule has 0 aromatic heterocycles. The van der Waals surface area contributed by atoms with Crippen LogP contribution in [0.1, 0.15) is 42.6 Å². The zero-order chi connectivity index (χ0) is 23.5. The van der Waals surface area contributed by atoms with Gasteiger partial charge in [0.05, 0.1) is 11.0 Å². The van der Waals surface area contributed by atoms with Crippen LogP contribution in [0.3, 0.4) is 0 Å². The molecule has 174 valence electrons. The van der Waals surface area contributed by atoms with Crippen LogP contribution in [0.15, 0.2) is 54.3 Å². The number of benzene rings is 2. The highest BCUT2D eigenvalue weighted by molar-refractivity contribution is 5.77. The van der Waals surface area contributed by atoms with E-state index in [0.717, 1.165) is 11.1 Å². The molecule has 2 aromatic rings. The maximum atomic E-state index is 12.9. The summed E-state index contributed by atoms with van der Waals surface area (Å²) < 4.78 is 12.0. The second-order valence-electron chi connectivity index (χ2n) is 9.45. The maximum Gasteiger partial charge on any atom is 0.344 e. The van der Waals surface area contributed by atoms with Crippen LogP contribution in [0, 0.1) is 6.92 Å². The van der Waals surface area contributed by atoms with Crippen molar-refractivity contribution in [2.45, 2.75) is 56.0 Å². The van der Waals surface area contributed by atoms with E-state index < -0.39 is 29.2 Å². The minimum Gasteiger partial charge on any atom is -0.504 e. The third kappa shape index (κ3) is 2.96. The van der Waals surface area contributed by atoms with Crippen LogP contribution in [0.2, 0.25) is 0 Å². The number of likely N-dealkylation sites (tertiary alicyclic amines) is 1. The van der Waals surface area contributed by atoms with Crippen molar-refractivity contribution in [1.29, 1.82) is 0 Å². The first-order chi connectivity index (χ1) is 15.7. The summed E-state index contributed by atoms with van der Waals surface area (Å²) in [5.41, 5.74) is -0.0126. The fourth-order valence-corrected chi connectivity index (χ4v) is 5.95. The molecule has 7 nitrogen and oxygen atoms in total.